The van der Waals surface area contributed by atoms with Crippen LogP contribution in [0.4, 0.5) is 4.79 Å². The van der Waals surface area contributed by atoms with Gasteiger partial charge < -0.3 is 14.6 Å². The highest BCUT2D eigenvalue weighted by molar-refractivity contribution is 6.76. The van der Waals surface area contributed by atoms with Gasteiger partial charge in [-0.3, -0.25) is 0 Å². The molecule has 0 spiro atoms. The molecule has 4 nitrogen and oxygen atoms in total. The molecule has 132 valence electrons. The highest BCUT2D eigenvalue weighted by atomic mass is 28.3. The number of allylic oxidation sites excluding steroid dienone is 1. The number of carbonyl (C=O) groups is 1. The van der Waals surface area contributed by atoms with Crippen LogP contribution in [0.3, 0.4) is 0 Å². The van der Waals surface area contributed by atoms with Crippen molar-refractivity contribution in [3.05, 3.63) is 71.8 Å². The molecule has 0 saturated carbocycles. The maximum Gasteiger partial charge on any atom is 0.511 e. The molecule has 0 radical (unpaired) electrons. The van der Waals surface area contributed by atoms with E-state index in [1.54, 1.807) is 0 Å². The fourth-order valence-corrected chi connectivity index (χ4v) is 2.99. The molecule has 0 atom stereocenters. The molecular formula is C20H24O4Si. The Balaban J connectivity index is 2.16. The number of hydrogen-bond donors (Lipinski definition) is 1. The van der Waals surface area contributed by atoms with Crippen molar-refractivity contribution in [1.29, 1.82) is 0 Å². The van der Waals surface area contributed by atoms with Gasteiger partial charge in [0.2, 0.25) is 0 Å². The van der Waals surface area contributed by atoms with Gasteiger partial charge in [-0.05, 0) is 29.8 Å². The SMILES string of the molecule is C[Si](C)(C)CC=C(OC(=O)O)c1cccc(OCc2ccccc2)c1. The second kappa shape index (κ2) is 8.53. The third-order valence-electron chi connectivity index (χ3n) is 3.46. The van der Waals surface area contributed by atoms with Crippen molar-refractivity contribution in [3.8, 4) is 5.75 Å². The summed E-state index contributed by atoms with van der Waals surface area (Å²) in [6, 6.07) is 18.0. The molecule has 0 aliphatic heterocycles. The van der Waals surface area contributed by atoms with Gasteiger partial charge in [0, 0.05) is 13.6 Å². The first-order valence-corrected chi connectivity index (χ1v) is 11.9. The van der Waals surface area contributed by atoms with Gasteiger partial charge in [0.1, 0.15) is 18.1 Å². The second-order valence-corrected chi connectivity index (χ2v) is 12.5. The van der Waals surface area contributed by atoms with Gasteiger partial charge in [0.25, 0.3) is 0 Å². The Bertz CT molecular complexity index is 733. The smallest absolute Gasteiger partial charge is 0.489 e. The fraction of sp³-hybridized carbons (Fsp3) is 0.250. The molecule has 0 aliphatic rings. The quantitative estimate of drug-likeness (QED) is 0.396. The summed E-state index contributed by atoms with van der Waals surface area (Å²) in [5.74, 6) is 1.04. The van der Waals surface area contributed by atoms with Crippen molar-refractivity contribution >= 4 is 20.0 Å². The van der Waals surface area contributed by atoms with Gasteiger partial charge in [-0.2, -0.15) is 0 Å². The molecule has 0 amide bonds. The molecule has 5 heteroatoms. The summed E-state index contributed by atoms with van der Waals surface area (Å²) < 4.78 is 10.8. The monoisotopic (exact) mass is 356 g/mol. The summed E-state index contributed by atoms with van der Waals surface area (Å²) in [5.41, 5.74) is 1.77. The molecular weight excluding hydrogens is 332 g/mol. The Morgan fingerprint density at radius 3 is 2.44 bits per heavy atom. The van der Waals surface area contributed by atoms with Crippen molar-refractivity contribution in [2.45, 2.75) is 32.3 Å². The lowest BCUT2D eigenvalue weighted by Crippen LogP contribution is -2.18. The zero-order chi connectivity index (χ0) is 18.3. The highest BCUT2D eigenvalue weighted by Crippen LogP contribution is 2.24. The maximum atomic E-state index is 11.0. The Morgan fingerprint density at radius 1 is 1.08 bits per heavy atom. The molecule has 0 aliphatic carbocycles. The lowest BCUT2D eigenvalue weighted by Gasteiger charge is -2.14. The molecule has 0 saturated heterocycles. The van der Waals surface area contributed by atoms with Gasteiger partial charge >= 0.3 is 6.16 Å². The molecule has 2 aromatic rings. The first kappa shape index (κ1) is 18.8. The Morgan fingerprint density at radius 2 is 1.80 bits per heavy atom. The summed E-state index contributed by atoms with van der Waals surface area (Å²) in [6.45, 7) is 7.13. The molecule has 0 unspecified atom stereocenters. The number of ether oxygens (including phenoxy) is 2. The molecule has 2 rings (SSSR count). The van der Waals surface area contributed by atoms with E-state index >= 15 is 0 Å². The summed E-state index contributed by atoms with van der Waals surface area (Å²) >= 11 is 0. The summed E-state index contributed by atoms with van der Waals surface area (Å²) in [7, 11) is -1.36. The van der Waals surface area contributed by atoms with Crippen LogP contribution in [0.15, 0.2) is 60.7 Å². The Kier molecular flexibility index (Phi) is 6.42. The average Bonchev–Trinajstić information content (AvgIpc) is 2.57. The highest BCUT2D eigenvalue weighted by Gasteiger charge is 2.14. The van der Waals surface area contributed by atoms with Crippen LogP contribution < -0.4 is 4.74 Å². The van der Waals surface area contributed by atoms with E-state index in [4.69, 9.17) is 14.6 Å². The summed E-state index contributed by atoms with van der Waals surface area (Å²) in [5, 5.41) is 9.01. The number of hydrogen-bond acceptors (Lipinski definition) is 3. The molecule has 0 heterocycles. The van der Waals surface area contributed by atoms with Crippen LogP contribution in [0.2, 0.25) is 25.7 Å². The molecule has 0 bridgehead atoms. The summed E-state index contributed by atoms with van der Waals surface area (Å²) in [6.07, 6.45) is 0.564. The van der Waals surface area contributed by atoms with Crippen LogP contribution in [-0.4, -0.2) is 19.3 Å². The molecule has 2 aromatic carbocycles. The largest absolute Gasteiger partial charge is 0.511 e. The van der Waals surface area contributed by atoms with Crippen molar-refractivity contribution in [2.24, 2.45) is 0 Å². The third-order valence-corrected chi connectivity index (χ3v) is 4.89. The van der Waals surface area contributed by atoms with Gasteiger partial charge in [0.05, 0.1) is 0 Å². The molecule has 0 fully saturated rings. The number of rotatable bonds is 7. The van der Waals surface area contributed by atoms with Crippen molar-refractivity contribution in [2.75, 3.05) is 0 Å². The van der Waals surface area contributed by atoms with Crippen LogP contribution in [0.5, 0.6) is 5.75 Å². The fourth-order valence-electron chi connectivity index (χ4n) is 2.19. The van der Waals surface area contributed by atoms with Crippen LogP contribution in [0.25, 0.3) is 5.76 Å². The van der Waals surface area contributed by atoms with Gasteiger partial charge in [-0.1, -0.05) is 62.1 Å². The number of carboxylic acid groups (broad SMARTS) is 1. The van der Waals surface area contributed by atoms with Crippen molar-refractivity contribution in [1.82, 2.24) is 0 Å². The minimum Gasteiger partial charge on any atom is -0.489 e. The van der Waals surface area contributed by atoms with Crippen LogP contribution in [0.1, 0.15) is 11.1 Å². The van der Waals surface area contributed by atoms with E-state index in [0.717, 1.165) is 11.6 Å². The van der Waals surface area contributed by atoms with E-state index in [1.807, 2.05) is 60.7 Å². The first-order chi connectivity index (χ1) is 11.8. The third kappa shape index (κ3) is 6.85. The Labute approximate surface area is 149 Å². The van der Waals surface area contributed by atoms with E-state index in [9.17, 15) is 4.79 Å². The predicted octanol–water partition coefficient (Wildman–Crippen LogP) is 5.64. The summed E-state index contributed by atoms with van der Waals surface area (Å²) in [4.78, 5) is 11.0. The van der Waals surface area contributed by atoms with Gasteiger partial charge in [-0.25, -0.2) is 4.79 Å². The van der Waals surface area contributed by atoms with E-state index in [-0.39, 0.29) is 0 Å². The minimum absolute atomic E-state index is 0.361. The zero-order valence-corrected chi connectivity index (χ0v) is 15.9. The normalized spacial score (nSPS) is 11.9. The van der Waals surface area contributed by atoms with E-state index in [1.165, 1.54) is 0 Å². The van der Waals surface area contributed by atoms with Crippen molar-refractivity contribution in [3.63, 3.8) is 0 Å². The predicted molar refractivity (Wildman–Crippen MR) is 102 cm³/mol. The standard InChI is InChI=1S/C20H24O4Si/c1-25(2,3)13-12-19(24-20(21)22)17-10-7-11-18(14-17)23-15-16-8-5-4-6-9-16/h4-12,14H,13,15H2,1-3H3,(H,21,22). The number of benzene rings is 2. The first-order valence-electron chi connectivity index (χ1n) is 8.21. The van der Waals surface area contributed by atoms with E-state index in [0.29, 0.717) is 23.7 Å². The van der Waals surface area contributed by atoms with Crippen LogP contribution >= 0.6 is 0 Å². The zero-order valence-electron chi connectivity index (χ0n) is 14.9. The van der Waals surface area contributed by atoms with Gasteiger partial charge in [0.15, 0.2) is 0 Å². The van der Waals surface area contributed by atoms with Gasteiger partial charge in [-0.15, -0.1) is 0 Å². The lowest BCUT2D eigenvalue weighted by atomic mass is 10.1. The topological polar surface area (TPSA) is 55.8 Å². The maximum absolute atomic E-state index is 11.0. The minimum atomic E-state index is -1.36. The van der Waals surface area contributed by atoms with Crippen LogP contribution in [-0.2, 0) is 11.3 Å². The second-order valence-electron chi connectivity index (χ2n) is 7.00. The average molecular weight is 356 g/mol. The molecule has 0 aromatic heterocycles. The lowest BCUT2D eigenvalue weighted by molar-refractivity contribution is 0.134. The molecule has 25 heavy (non-hydrogen) atoms. The van der Waals surface area contributed by atoms with E-state index < -0.39 is 14.2 Å². The van der Waals surface area contributed by atoms with Crippen molar-refractivity contribution < 1.29 is 19.4 Å². The molecule has 1 N–H and O–H groups in total. The van der Waals surface area contributed by atoms with E-state index in [2.05, 4.69) is 19.6 Å². The van der Waals surface area contributed by atoms with Crippen LogP contribution in [0, 0.1) is 0 Å². The Hall–Kier alpha value is -2.53.